The molecule has 12 nitrogen and oxygen atoms in total. The molecule has 0 amide bonds. The van der Waals surface area contributed by atoms with Crippen molar-refractivity contribution >= 4 is 33.7 Å². The van der Waals surface area contributed by atoms with Crippen LogP contribution in [-0.2, 0) is 10.4 Å². The summed E-state index contributed by atoms with van der Waals surface area (Å²) in [4.78, 5) is 7.15. The van der Waals surface area contributed by atoms with Gasteiger partial charge >= 0.3 is 10.4 Å². The van der Waals surface area contributed by atoms with Crippen molar-refractivity contribution in [3.63, 3.8) is 0 Å². The third-order valence-corrected chi connectivity index (χ3v) is 1.02. The van der Waals surface area contributed by atoms with Crippen molar-refractivity contribution < 1.29 is 28.5 Å². The summed E-state index contributed by atoms with van der Waals surface area (Å²) in [6, 6.07) is 0. The highest BCUT2D eigenvalue weighted by Gasteiger charge is 2.02. The molecule has 1 aromatic rings. The van der Waals surface area contributed by atoms with Crippen molar-refractivity contribution in [1.82, 2.24) is 9.97 Å². The van der Waals surface area contributed by atoms with Crippen molar-refractivity contribution in [2.24, 2.45) is 0 Å². The number of nitrogens with zero attached hydrogens (tertiary/aromatic N) is 2. The average Bonchev–Trinajstić information content (AvgIpc) is 1.96. The van der Waals surface area contributed by atoms with Gasteiger partial charge in [0.1, 0.15) is 5.69 Å². The van der Waals surface area contributed by atoms with Gasteiger partial charge < -0.3 is 33.9 Å². The minimum Gasteiger partial charge on any atom is -0.412 e. The maximum atomic E-state index is 8.74. The zero-order chi connectivity index (χ0) is 12.2. The Balaban J connectivity index is -0.000000247. The first kappa shape index (κ1) is 20.5. The Labute approximate surface area is 95.8 Å². The SMILES string of the molecule is Nc1nc(N)c(N)c(N)n1.O.O.O=S(=O)(O)O. The maximum Gasteiger partial charge on any atom is 0.394 e. The van der Waals surface area contributed by atoms with E-state index < -0.39 is 10.4 Å². The van der Waals surface area contributed by atoms with E-state index in [1.807, 2.05) is 0 Å². The van der Waals surface area contributed by atoms with Gasteiger partial charge in [0.05, 0.1) is 0 Å². The smallest absolute Gasteiger partial charge is 0.394 e. The number of hydrogen-bond donors (Lipinski definition) is 6. The average molecular weight is 274 g/mol. The van der Waals surface area contributed by atoms with E-state index in [4.69, 9.17) is 40.5 Å². The third-order valence-electron chi connectivity index (χ3n) is 1.02. The summed E-state index contributed by atoms with van der Waals surface area (Å²) in [6.07, 6.45) is 0. The van der Waals surface area contributed by atoms with Crippen LogP contribution in [0.15, 0.2) is 0 Å². The minimum atomic E-state index is -4.67. The molecule has 0 aliphatic rings. The van der Waals surface area contributed by atoms with Crippen LogP contribution in [0, 0.1) is 0 Å². The van der Waals surface area contributed by atoms with Crippen molar-refractivity contribution in [2.45, 2.75) is 0 Å². The van der Waals surface area contributed by atoms with Crippen molar-refractivity contribution in [3.8, 4) is 0 Å². The van der Waals surface area contributed by atoms with Crippen LogP contribution < -0.4 is 22.9 Å². The molecule has 1 aromatic heterocycles. The van der Waals surface area contributed by atoms with Gasteiger partial charge in [-0.15, -0.1) is 0 Å². The Hall–Kier alpha value is -1.93. The number of anilines is 4. The van der Waals surface area contributed by atoms with E-state index in [0.29, 0.717) is 0 Å². The van der Waals surface area contributed by atoms with Crippen molar-refractivity contribution in [2.75, 3.05) is 22.9 Å². The van der Waals surface area contributed by atoms with E-state index in [1.54, 1.807) is 0 Å². The molecule has 0 atom stereocenters. The van der Waals surface area contributed by atoms with E-state index in [9.17, 15) is 0 Å². The van der Waals surface area contributed by atoms with E-state index in [0.717, 1.165) is 0 Å². The zero-order valence-electron chi connectivity index (χ0n) is 8.32. The Bertz CT molecular complexity index is 417. The summed E-state index contributed by atoms with van der Waals surface area (Å²) >= 11 is 0. The van der Waals surface area contributed by atoms with Crippen LogP contribution in [0.4, 0.5) is 23.3 Å². The zero-order valence-corrected chi connectivity index (χ0v) is 9.14. The number of nitrogens with two attached hydrogens (primary N) is 4. The Kier molecular flexibility index (Phi) is 8.87. The van der Waals surface area contributed by atoms with Crippen LogP contribution in [0.3, 0.4) is 0 Å². The summed E-state index contributed by atoms with van der Waals surface area (Å²) in [5.41, 5.74) is 21.3. The maximum absolute atomic E-state index is 8.74. The van der Waals surface area contributed by atoms with Gasteiger partial charge in [0, 0.05) is 0 Å². The molecule has 13 heteroatoms. The van der Waals surface area contributed by atoms with Gasteiger partial charge in [0.25, 0.3) is 0 Å². The number of rotatable bonds is 0. The second kappa shape index (κ2) is 7.36. The number of aromatic nitrogens is 2. The molecule has 0 radical (unpaired) electrons. The lowest BCUT2D eigenvalue weighted by atomic mass is 10.4. The summed E-state index contributed by atoms with van der Waals surface area (Å²) in [7, 11) is -4.67. The quantitative estimate of drug-likeness (QED) is 0.254. The van der Waals surface area contributed by atoms with Gasteiger partial charge in [-0.1, -0.05) is 0 Å². The molecule has 0 aliphatic heterocycles. The van der Waals surface area contributed by atoms with Crippen LogP contribution >= 0.6 is 0 Å². The standard InChI is InChI=1S/C4H8N6.H2O4S.2H2O/c5-1-2(6)9-4(8)10-3(1)7;1-5(2,3)4;;/h5H2,(H6,6,7,8,9,10);(H2,1,2,3,4);2*1H2. The lowest BCUT2D eigenvalue weighted by Crippen LogP contribution is -2.07. The summed E-state index contributed by atoms with van der Waals surface area (Å²) in [5.74, 6) is 0.263. The van der Waals surface area contributed by atoms with E-state index in [1.165, 1.54) is 0 Å². The minimum absolute atomic E-state index is 0. The van der Waals surface area contributed by atoms with Crippen LogP contribution in [0.2, 0.25) is 0 Å². The first-order valence-corrected chi connectivity index (χ1v) is 4.64. The molecule has 0 aromatic carbocycles. The van der Waals surface area contributed by atoms with Crippen LogP contribution in [0.5, 0.6) is 0 Å². The van der Waals surface area contributed by atoms with Crippen molar-refractivity contribution in [1.29, 1.82) is 0 Å². The summed E-state index contributed by atoms with van der Waals surface area (Å²) < 4.78 is 31.6. The molecule has 0 aliphatic carbocycles. The first-order chi connectivity index (χ1) is 6.61. The molecule has 14 N–H and O–H groups in total. The van der Waals surface area contributed by atoms with Gasteiger partial charge in [-0.25, -0.2) is 0 Å². The Morgan fingerprint density at radius 3 is 1.35 bits per heavy atom. The topological polar surface area (TPSA) is 267 Å². The molecule has 1 heterocycles. The Morgan fingerprint density at radius 2 is 1.12 bits per heavy atom. The monoisotopic (exact) mass is 274 g/mol. The largest absolute Gasteiger partial charge is 0.412 e. The van der Waals surface area contributed by atoms with Crippen molar-refractivity contribution in [3.05, 3.63) is 0 Å². The van der Waals surface area contributed by atoms with Crippen LogP contribution in [0.1, 0.15) is 0 Å². The molecule has 0 fully saturated rings. The van der Waals surface area contributed by atoms with Crippen LogP contribution in [0.25, 0.3) is 0 Å². The highest BCUT2D eigenvalue weighted by Crippen LogP contribution is 2.17. The first-order valence-electron chi connectivity index (χ1n) is 3.25. The second-order valence-corrected chi connectivity index (χ2v) is 3.11. The normalized spacial score (nSPS) is 9.06. The molecule has 0 spiro atoms. The molecular weight excluding hydrogens is 260 g/mol. The summed E-state index contributed by atoms with van der Waals surface area (Å²) in [5, 5.41) is 0. The number of hydrogen-bond acceptors (Lipinski definition) is 8. The molecule has 0 saturated carbocycles. The molecule has 0 unspecified atom stereocenters. The molecule has 17 heavy (non-hydrogen) atoms. The second-order valence-electron chi connectivity index (χ2n) is 2.21. The molecule has 0 bridgehead atoms. The third kappa shape index (κ3) is 10.4. The van der Waals surface area contributed by atoms with Gasteiger partial charge in [0.15, 0.2) is 11.6 Å². The van der Waals surface area contributed by atoms with Gasteiger partial charge in [-0.05, 0) is 0 Å². The molecular formula is C4H14N6O6S. The highest BCUT2D eigenvalue weighted by atomic mass is 32.3. The molecule has 1 rings (SSSR count). The Morgan fingerprint density at radius 1 is 0.882 bits per heavy atom. The van der Waals surface area contributed by atoms with Gasteiger partial charge in [-0.2, -0.15) is 18.4 Å². The van der Waals surface area contributed by atoms with Crippen LogP contribution in [-0.4, -0.2) is 38.4 Å². The van der Waals surface area contributed by atoms with E-state index in [-0.39, 0.29) is 34.2 Å². The van der Waals surface area contributed by atoms with Gasteiger partial charge in [-0.3, -0.25) is 9.11 Å². The fourth-order valence-electron chi connectivity index (χ4n) is 0.523. The van der Waals surface area contributed by atoms with Gasteiger partial charge in [0.2, 0.25) is 5.95 Å². The molecule has 0 saturated heterocycles. The highest BCUT2D eigenvalue weighted by molar-refractivity contribution is 7.79. The lowest BCUT2D eigenvalue weighted by molar-refractivity contribution is 0.381. The fourth-order valence-corrected chi connectivity index (χ4v) is 0.523. The fraction of sp³-hybridized carbons (Fsp3) is 0. The summed E-state index contributed by atoms with van der Waals surface area (Å²) in [6.45, 7) is 0. The van der Waals surface area contributed by atoms with E-state index >= 15 is 0 Å². The molecule has 102 valence electrons. The lowest BCUT2D eigenvalue weighted by Gasteiger charge is -2.01. The predicted molar refractivity (Wildman–Crippen MR) is 61.1 cm³/mol. The number of nitrogen functional groups attached to an aromatic ring is 4. The predicted octanol–water partition coefficient (Wildman–Crippen LogP) is -3.50. The van der Waals surface area contributed by atoms with E-state index in [2.05, 4.69) is 9.97 Å².